The molecule has 3 rings (SSSR count). The van der Waals surface area contributed by atoms with Crippen molar-refractivity contribution >= 4 is 16.3 Å². The van der Waals surface area contributed by atoms with Gasteiger partial charge in [0.1, 0.15) is 5.75 Å². The molecule has 0 fully saturated rings. The summed E-state index contributed by atoms with van der Waals surface area (Å²) >= 11 is 1.39. The summed E-state index contributed by atoms with van der Waals surface area (Å²) in [4.78, 5) is 4.58. The zero-order valence-corrected chi connectivity index (χ0v) is 11.6. The van der Waals surface area contributed by atoms with Crippen molar-refractivity contribution in [3.8, 4) is 16.3 Å². The summed E-state index contributed by atoms with van der Waals surface area (Å²) in [5.41, 5.74) is 0.524. The molecule has 0 atom stereocenters. The van der Waals surface area contributed by atoms with E-state index in [9.17, 15) is 5.11 Å². The first-order chi connectivity index (χ1) is 8.97. The van der Waals surface area contributed by atoms with Gasteiger partial charge in [-0.05, 0) is 6.07 Å². The van der Waals surface area contributed by atoms with Crippen LogP contribution in [-0.4, -0.2) is 29.9 Å². The van der Waals surface area contributed by atoms with Crippen LogP contribution in [0.5, 0.6) is 5.75 Å². The van der Waals surface area contributed by atoms with Crippen molar-refractivity contribution in [2.45, 2.75) is 26.2 Å². The highest BCUT2D eigenvalue weighted by Gasteiger charge is 2.24. The van der Waals surface area contributed by atoms with Gasteiger partial charge in [0, 0.05) is 11.6 Å². The molecule has 0 aliphatic rings. The fraction of sp³-hybridized carbons (Fsp3) is 0.333. The molecule has 0 aliphatic carbocycles. The molecule has 0 amide bonds. The zero-order chi connectivity index (χ0) is 13.6. The highest BCUT2D eigenvalue weighted by Crippen LogP contribution is 2.32. The second kappa shape index (κ2) is 3.99. The van der Waals surface area contributed by atoms with Crippen molar-refractivity contribution in [3.05, 3.63) is 24.3 Å². The summed E-state index contributed by atoms with van der Waals surface area (Å²) in [6, 6.07) is 1.73. The molecule has 98 valence electrons. The minimum atomic E-state index is -0.134. The van der Waals surface area contributed by atoms with Gasteiger partial charge < -0.3 is 5.11 Å². The number of aromatic nitrogens is 5. The van der Waals surface area contributed by atoms with Crippen molar-refractivity contribution in [2.24, 2.45) is 0 Å². The van der Waals surface area contributed by atoms with Gasteiger partial charge in [-0.15, -0.1) is 10.2 Å². The fourth-order valence-corrected chi connectivity index (χ4v) is 2.63. The van der Waals surface area contributed by atoms with Gasteiger partial charge >= 0.3 is 0 Å². The highest BCUT2D eigenvalue weighted by atomic mass is 32.1. The fourth-order valence-electron chi connectivity index (χ4n) is 1.76. The lowest BCUT2D eigenvalue weighted by atomic mass is 9.96. The van der Waals surface area contributed by atoms with E-state index in [0.717, 1.165) is 10.8 Å². The number of hydrogen-bond acceptors (Lipinski definition) is 6. The summed E-state index contributed by atoms with van der Waals surface area (Å²) in [5, 5.41) is 23.3. The van der Waals surface area contributed by atoms with Crippen molar-refractivity contribution in [3.63, 3.8) is 0 Å². The highest BCUT2D eigenvalue weighted by molar-refractivity contribution is 7.19. The average Bonchev–Trinajstić information content (AvgIpc) is 2.86. The SMILES string of the molecule is CC(C)(C)c1nnc2sc(-c3ccncc3O)nn12. The molecule has 3 aromatic rings. The summed E-state index contributed by atoms with van der Waals surface area (Å²) in [6.45, 7) is 6.19. The molecule has 6 nitrogen and oxygen atoms in total. The van der Waals surface area contributed by atoms with Gasteiger partial charge in [0.05, 0.1) is 11.8 Å². The predicted molar refractivity (Wildman–Crippen MR) is 72.3 cm³/mol. The molecule has 0 spiro atoms. The van der Waals surface area contributed by atoms with Crippen LogP contribution in [0.2, 0.25) is 0 Å². The largest absolute Gasteiger partial charge is 0.506 e. The van der Waals surface area contributed by atoms with E-state index >= 15 is 0 Å². The van der Waals surface area contributed by atoms with Crippen LogP contribution in [0.25, 0.3) is 15.5 Å². The topological polar surface area (TPSA) is 76.2 Å². The molecule has 19 heavy (non-hydrogen) atoms. The van der Waals surface area contributed by atoms with Gasteiger partial charge in [0.15, 0.2) is 10.8 Å². The van der Waals surface area contributed by atoms with Gasteiger partial charge in [0.25, 0.3) is 0 Å². The van der Waals surface area contributed by atoms with E-state index in [1.165, 1.54) is 17.5 Å². The van der Waals surface area contributed by atoms with Crippen LogP contribution in [0.15, 0.2) is 18.5 Å². The van der Waals surface area contributed by atoms with E-state index in [0.29, 0.717) is 10.6 Å². The number of hydrogen-bond donors (Lipinski definition) is 1. The second-order valence-electron chi connectivity index (χ2n) is 5.27. The Morgan fingerprint density at radius 2 is 2.05 bits per heavy atom. The van der Waals surface area contributed by atoms with Crippen LogP contribution in [0.3, 0.4) is 0 Å². The normalized spacial score (nSPS) is 12.2. The average molecular weight is 275 g/mol. The maximum Gasteiger partial charge on any atom is 0.235 e. The number of rotatable bonds is 1. The zero-order valence-electron chi connectivity index (χ0n) is 10.8. The molecule has 0 aliphatic heterocycles. The van der Waals surface area contributed by atoms with Gasteiger partial charge in [-0.2, -0.15) is 9.61 Å². The number of fused-ring (bicyclic) bond motifs is 1. The molecule has 0 saturated heterocycles. The Kier molecular flexibility index (Phi) is 2.53. The summed E-state index contributed by atoms with van der Waals surface area (Å²) in [5.74, 6) is 0.920. The first-order valence-corrected chi connectivity index (χ1v) is 6.64. The quantitative estimate of drug-likeness (QED) is 0.737. The first kappa shape index (κ1) is 12.0. The van der Waals surface area contributed by atoms with Crippen LogP contribution in [0.1, 0.15) is 26.6 Å². The smallest absolute Gasteiger partial charge is 0.235 e. The van der Waals surface area contributed by atoms with Gasteiger partial charge in [-0.3, -0.25) is 4.98 Å². The van der Waals surface area contributed by atoms with Crippen molar-refractivity contribution in [1.82, 2.24) is 24.8 Å². The summed E-state index contributed by atoms with van der Waals surface area (Å²) < 4.78 is 1.74. The lowest BCUT2D eigenvalue weighted by molar-refractivity contribution is 0.474. The molecule has 1 N–H and O–H groups in total. The molecule has 0 saturated carbocycles. The van der Waals surface area contributed by atoms with E-state index in [1.807, 2.05) is 0 Å². The minimum Gasteiger partial charge on any atom is -0.506 e. The first-order valence-electron chi connectivity index (χ1n) is 5.83. The number of nitrogens with zero attached hydrogens (tertiary/aromatic N) is 5. The molecule has 3 heterocycles. The van der Waals surface area contributed by atoms with Crippen LogP contribution in [0.4, 0.5) is 0 Å². The lowest BCUT2D eigenvalue weighted by Crippen LogP contribution is -2.16. The molecule has 7 heteroatoms. The van der Waals surface area contributed by atoms with Gasteiger partial charge in [-0.1, -0.05) is 32.1 Å². The van der Waals surface area contributed by atoms with E-state index in [2.05, 4.69) is 41.1 Å². The summed E-state index contributed by atoms with van der Waals surface area (Å²) in [7, 11) is 0. The van der Waals surface area contributed by atoms with E-state index < -0.39 is 0 Å². The Morgan fingerprint density at radius 1 is 1.26 bits per heavy atom. The van der Waals surface area contributed by atoms with Crippen LogP contribution >= 0.6 is 11.3 Å². The van der Waals surface area contributed by atoms with E-state index in [4.69, 9.17) is 0 Å². The molecule has 0 radical (unpaired) electrons. The Labute approximate surface area is 113 Å². The Hall–Kier alpha value is -2.02. The Morgan fingerprint density at radius 3 is 2.74 bits per heavy atom. The van der Waals surface area contributed by atoms with Crippen molar-refractivity contribution in [1.29, 1.82) is 0 Å². The molecular weight excluding hydrogens is 262 g/mol. The third-order valence-electron chi connectivity index (χ3n) is 2.69. The third-order valence-corrected chi connectivity index (χ3v) is 3.62. The molecule has 0 unspecified atom stereocenters. The van der Waals surface area contributed by atoms with E-state index in [1.54, 1.807) is 16.8 Å². The van der Waals surface area contributed by atoms with Crippen LogP contribution < -0.4 is 0 Å². The number of pyridine rings is 1. The maximum atomic E-state index is 9.81. The van der Waals surface area contributed by atoms with Crippen LogP contribution in [-0.2, 0) is 5.41 Å². The van der Waals surface area contributed by atoms with E-state index in [-0.39, 0.29) is 11.2 Å². The van der Waals surface area contributed by atoms with Crippen LogP contribution in [0, 0.1) is 0 Å². The Bertz CT molecular complexity index is 740. The molecule has 0 bridgehead atoms. The third kappa shape index (κ3) is 1.95. The number of aromatic hydroxyl groups is 1. The van der Waals surface area contributed by atoms with Crippen molar-refractivity contribution < 1.29 is 5.11 Å². The monoisotopic (exact) mass is 275 g/mol. The molecule has 0 aromatic carbocycles. The van der Waals surface area contributed by atoms with Gasteiger partial charge in [-0.25, -0.2) is 0 Å². The lowest BCUT2D eigenvalue weighted by Gasteiger charge is -2.13. The standard InChI is InChI=1S/C12H13N5OS/c1-12(2,3)10-14-15-11-17(10)16-9(19-11)7-4-5-13-6-8(7)18/h4-6,18H,1-3H3. The maximum absolute atomic E-state index is 9.81. The molecular formula is C12H13N5OS. The van der Waals surface area contributed by atoms with Crippen molar-refractivity contribution in [2.75, 3.05) is 0 Å². The Balaban J connectivity index is 2.18. The minimum absolute atomic E-state index is 0.116. The summed E-state index contributed by atoms with van der Waals surface area (Å²) in [6.07, 6.45) is 3.03. The second-order valence-corrected chi connectivity index (χ2v) is 6.22. The van der Waals surface area contributed by atoms with Gasteiger partial charge in [0.2, 0.25) is 4.96 Å². The molecule has 3 aromatic heterocycles. The predicted octanol–water partition coefficient (Wildman–Crippen LogP) is 2.25.